The summed E-state index contributed by atoms with van der Waals surface area (Å²) in [6.07, 6.45) is -1.60. The number of carbonyl (C=O) groups is 3. The summed E-state index contributed by atoms with van der Waals surface area (Å²) in [6.45, 7) is 2.21. The molecule has 1 aromatic carbocycles. The quantitative estimate of drug-likeness (QED) is 0.288. The van der Waals surface area contributed by atoms with Crippen molar-refractivity contribution in [2.75, 3.05) is 33.9 Å². The van der Waals surface area contributed by atoms with E-state index >= 15 is 0 Å². The average molecular weight is 460 g/mol. The van der Waals surface area contributed by atoms with Crippen LogP contribution in [-0.2, 0) is 32.9 Å². The highest BCUT2D eigenvalue weighted by Gasteiger charge is 2.38. The number of para-hydroxylation sites is 1. The summed E-state index contributed by atoms with van der Waals surface area (Å²) in [5.41, 5.74) is -1.20. The normalized spacial score (nSPS) is 14.1. The summed E-state index contributed by atoms with van der Waals surface area (Å²) < 4.78 is 33.0. The number of aliphatic hydroxyl groups is 1. The van der Waals surface area contributed by atoms with E-state index in [1.165, 1.54) is 28.1 Å². The van der Waals surface area contributed by atoms with Crippen LogP contribution in [0.4, 0.5) is 0 Å². The first-order valence-electron chi connectivity index (χ1n) is 9.37. The van der Waals surface area contributed by atoms with E-state index in [0.29, 0.717) is 0 Å². The summed E-state index contributed by atoms with van der Waals surface area (Å²) >= 11 is 0. The Morgan fingerprint density at radius 3 is 2.29 bits per heavy atom. The van der Waals surface area contributed by atoms with Crippen LogP contribution in [0, 0.1) is 5.41 Å². The van der Waals surface area contributed by atoms with Gasteiger partial charge in [0.15, 0.2) is 0 Å². The molecule has 3 N–H and O–H groups in total. The summed E-state index contributed by atoms with van der Waals surface area (Å²) in [4.78, 5) is 34.7. The van der Waals surface area contributed by atoms with Gasteiger partial charge in [0.25, 0.3) is 0 Å². The number of nitrogens with one attached hydrogen (secondary N) is 2. The number of amides is 1. The zero-order chi connectivity index (χ0) is 23.5. The summed E-state index contributed by atoms with van der Waals surface area (Å²) in [7, 11) is -1.67. The van der Waals surface area contributed by atoms with E-state index in [9.17, 15) is 24.1 Å². The standard InChI is InChI=1S/C19H29N2O9P/c1-19(2,17(24)18(25)20-11-10-15(22)27-3)13-29-31(26,21-12-16(23)28-4)30-14-8-6-5-7-9-14/h5-9,17,24H,10-13H2,1-4H3,(H,20,25)(H,21,26)/t17-,31?/m0/s1. The second-order valence-electron chi connectivity index (χ2n) is 7.09. The van der Waals surface area contributed by atoms with Gasteiger partial charge in [-0.3, -0.25) is 18.9 Å². The molecule has 2 atom stereocenters. The zero-order valence-corrected chi connectivity index (χ0v) is 18.8. The number of methoxy groups -OCH3 is 2. The van der Waals surface area contributed by atoms with Gasteiger partial charge < -0.3 is 24.4 Å². The first-order valence-corrected chi connectivity index (χ1v) is 10.9. The number of ether oxygens (including phenoxy) is 2. The molecule has 31 heavy (non-hydrogen) atoms. The van der Waals surface area contributed by atoms with Gasteiger partial charge in [0.1, 0.15) is 18.4 Å². The molecule has 0 fully saturated rings. The number of hydrogen-bond acceptors (Lipinski definition) is 9. The second kappa shape index (κ2) is 12.4. The van der Waals surface area contributed by atoms with Crippen molar-refractivity contribution in [2.24, 2.45) is 5.41 Å². The van der Waals surface area contributed by atoms with E-state index in [1.54, 1.807) is 30.3 Å². The van der Waals surface area contributed by atoms with Gasteiger partial charge in [-0.2, -0.15) is 0 Å². The number of hydrogen-bond donors (Lipinski definition) is 3. The monoisotopic (exact) mass is 460 g/mol. The van der Waals surface area contributed by atoms with Crippen molar-refractivity contribution >= 4 is 25.6 Å². The lowest BCUT2D eigenvalue weighted by atomic mass is 9.87. The SMILES string of the molecule is COC(=O)CCNC(=O)[C@H](O)C(C)(C)COP(=O)(NCC(=O)OC)Oc1ccccc1. The molecule has 174 valence electrons. The van der Waals surface area contributed by atoms with Crippen LogP contribution in [0.5, 0.6) is 5.75 Å². The number of carbonyl (C=O) groups excluding carboxylic acids is 3. The lowest BCUT2D eigenvalue weighted by Gasteiger charge is -2.31. The molecule has 0 aliphatic carbocycles. The lowest BCUT2D eigenvalue weighted by molar-refractivity contribution is -0.141. The van der Waals surface area contributed by atoms with Gasteiger partial charge in [-0.05, 0) is 12.1 Å². The van der Waals surface area contributed by atoms with Crippen molar-refractivity contribution in [1.29, 1.82) is 0 Å². The predicted molar refractivity (Wildman–Crippen MR) is 110 cm³/mol. The Morgan fingerprint density at radius 2 is 1.71 bits per heavy atom. The van der Waals surface area contributed by atoms with Gasteiger partial charge in [0.2, 0.25) is 5.91 Å². The number of rotatable bonds is 13. The van der Waals surface area contributed by atoms with Gasteiger partial charge in [0.05, 0.1) is 27.2 Å². The van der Waals surface area contributed by atoms with Gasteiger partial charge in [-0.15, -0.1) is 0 Å². The Kier molecular flexibility index (Phi) is 10.6. The molecule has 0 aromatic heterocycles. The van der Waals surface area contributed by atoms with Crippen molar-refractivity contribution in [3.05, 3.63) is 30.3 Å². The smallest absolute Gasteiger partial charge is 0.459 e. The van der Waals surface area contributed by atoms with Crippen LogP contribution < -0.4 is 14.9 Å². The Labute approximate surface area is 181 Å². The topological polar surface area (TPSA) is 149 Å². The fraction of sp³-hybridized carbons (Fsp3) is 0.526. The highest BCUT2D eigenvalue weighted by atomic mass is 31.2. The number of esters is 2. The van der Waals surface area contributed by atoms with Gasteiger partial charge in [0, 0.05) is 12.0 Å². The van der Waals surface area contributed by atoms with Gasteiger partial charge >= 0.3 is 19.7 Å². The van der Waals surface area contributed by atoms with E-state index < -0.39 is 43.7 Å². The second-order valence-corrected chi connectivity index (χ2v) is 8.85. The molecule has 0 bridgehead atoms. The molecule has 0 saturated heterocycles. The summed E-state index contributed by atoms with van der Waals surface area (Å²) in [5, 5.41) is 15.2. The first-order chi connectivity index (χ1) is 14.5. The maximum atomic E-state index is 13.1. The van der Waals surface area contributed by atoms with E-state index in [2.05, 4.69) is 19.9 Å². The molecule has 1 unspecified atom stereocenters. The number of benzene rings is 1. The van der Waals surface area contributed by atoms with Gasteiger partial charge in [-0.25, -0.2) is 9.65 Å². The number of aliphatic hydroxyl groups excluding tert-OH is 1. The third-order valence-corrected chi connectivity index (χ3v) is 5.53. The Hall–Kier alpha value is -2.46. The Bertz CT molecular complexity index is 786. The molecule has 11 nitrogen and oxygen atoms in total. The third-order valence-electron chi connectivity index (χ3n) is 4.06. The first kappa shape index (κ1) is 26.6. The van der Waals surface area contributed by atoms with Crippen LogP contribution >= 0.6 is 7.75 Å². The van der Waals surface area contributed by atoms with Gasteiger partial charge in [-0.1, -0.05) is 32.0 Å². The fourth-order valence-electron chi connectivity index (χ4n) is 2.13. The molecular formula is C19H29N2O9P. The molecule has 0 heterocycles. The minimum Gasteiger partial charge on any atom is -0.469 e. The van der Waals surface area contributed by atoms with Crippen LogP contribution in [0.3, 0.4) is 0 Å². The van der Waals surface area contributed by atoms with Crippen molar-refractivity contribution in [2.45, 2.75) is 26.4 Å². The van der Waals surface area contributed by atoms with Crippen LogP contribution in [-0.4, -0.2) is 63.0 Å². The van der Waals surface area contributed by atoms with Crippen molar-refractivity contribution < 1.29 is 42.6 Å². The Morgan fingerprint density at radius 1 is 1.10 bits per heavy atom. The molecule has 12 heteroatoms. The maximum absolute atomic E-state index is 13.1. The molecule has 0 aliphatic rings. The molecule has 1 aromatic rings. The highest BCUT2D eigenvalue weighted by molar-refractivity contribution is 7.52. The van der Waals surface area contributed by atoms with E-state index in [4.69, 9.17) is 9.05 Å². The zero-order valence-electron chi connectivity index (χ0n) is 18.0. The minimum atomic E-state index is -4.07. The van der Waals surface area contributed by atoms with Crippen molar-refractivity contribution in [3.63, 3.8) is 0 Å². The molecule has 0 radical (unpaired) electrons. The van der Waals surface area contributed by atoms with E-state index in [0.717, 1.165) is 0 Å². The van der Waals surface area contributed by atoms with E-state index in [1.807, 2.05) is 0 Å². The molecule has 0 aliphatic heterocycles. The minimum absolute atomic E-state index is 0.0181. The van der Waals surface area contributed by atoms with Crippen LogP contribution in [0.15, 0.2) is 30.3 Å². The van der Waals surface area contributed by atoms with Crippen LogP contribution in [0.2, 0.25) is 0 Å². The van der Waals surface area contributed by atoms with Crippen molar-refractivity contribution in [3.8, 4) is 5.75 Å². The van der Waals surface area contributed by atoms with Crippen LogP contribution in [0.1, 0.15) is 20.3 Å². The molecule has 1 rings (SSSR count). The molecule has 0 spiro atoms. The highest BCUT2D eigenvalue weighted by Crippen LogP contribution is 2.45. The maximum Gasteiger partial charge on any atom is 0.459 e. The third kappa shape index (κ3) is 9.48. The lowest BCUT2D eigenvalue weighted by Crippen LogP contribution is -2.46. The van der Waals surface area contributed by atoms with Crippen molar-refractivity contribution in [1.82, 2.24) is 10.4 Å². The summed E-state index contributed by atoms with van der Waals surface area (Å²) in [6, 6.07) is 8.15. The molecular weight excluding hydrogens is 431 g/mol. The van der Waals surface area contributed by atoms with E-state index in [-0.39, 0.29) is 25.3 Å². The van der Waals surface area contributed by atoms with Crippen LogP contribution in [0.25, 0.3) is 0 Å². The molecule has 1 amide bonds. The Balaban J connectivity index is 2.78. The fourth-order valence-corrected chi connectivity index (χ4v) is 3.56. The average Bonchev–Trinajstić information content (AvgIpc) is 2.76. The largest absolute Gasteiger partial charge is 0.469 e. The molecule has 0 saturated carbocycles. The summed E-state index contributed by atoms with van der Waals surface area (Å²) in [5.74, 6) is -1.71. The predicted octanol–water partition coefficient (Wildman–Crippen LogP) is 1.02.